The van der Waals surface area contributed by atoms with Crippen molar-refractivity contribution in [3.8, 4) is 5.75 Å². The summed E-state index contributed by atoms with van der Waals surface area (Å²) < 4.78 is 5.55. The number of hydrogen-bond acceptors (Lipinski definition) is 3. The van der Waals surface area contributed by atoms with E-state index in [1.165, 1.54) is 24.8 Å². The Balaban J connectivity index is 1.44. The molecule has 1 amide bonds. The number of para-hydroxylation sites is 1. The van der Waals surface area contributed by atoms with Gasteiger partial charge in [0, 0.05) is 40.8 Å². The number of benzene rings is 2. The number of carbonyl (C=O) groups is 1. The lowest BCUT2D eigenvalue weighted by atomic mass is 9.81. The van der Waals surface area contributed by atoms with E-state index in [-0.39, 0.29) is 11.9 Å². The number of ether oxygens (including phenoxy) is 1. The Morgan fingerprint density at radius 1 is 1.14 bits per heavy atom. The first kappa shape index (κ1) is 19.3. The Kier molecular flexibility index (Phi) is 5.88. The Morgan fingerprint density at radius 3 is 2.61 bits per heavy atom. The van der Waals surface area contributed by atoms with Crippen LogP contribution in [0.15, 0.2) is 48.5 Å². The van der Waals surface area contributed by atoms with Crippen molar-refractivity contribution in [1.29, 1.82) is 0 Å². The molecule has 2 saturated heterocycles. The molecule has 5 heteroatoms. The first-order valence-corrected chi connectivity index (χ1v) is 10.5. The summed E-state index contributed by atoms with van der Waals surface area (Å²) in [5.74, 6) is 0.931. The molecule has 2 heterocycles. The molecule has 4 rings (SSSR count). The number of halogens is 1. The maximum absolute atomic E-state index is 12.6. The minimum Gasteiger partial charge on any atom is -0.496 e. The van der Waals surface area contributed by atoms with Crippen LogP contribution >= 0.6 is 11.6 Å². The van der Waals surface area contributed by atoms with E-state index in [0.29, 0.717) is 22.7 Å². The Morgan fingerprint density at radius 2 is 1.89 bits per heavy atom. The molecule has 0 radical (unpaired) electrons. The van der Waals surface area contributed by atoms with Crippen molar-refractivity contribution < 1.29 is 9.53 Å². The topological polar surface area (TPSA) is 41.6 Å². The maximum atomic E-state index is 12.6. The summed E-state index contributed by atoms with van der Waals surface area (Å²) in [6.07, 6.45) is 5.65. The zero-order chi connectivity index (χ0) is 19.5. The van der Waals surface area contributed by atoms with E-state index in [4.69, 9.17) is 16.3 Å². The molecule has 2 aliphatic rings. The van der Waals surface area contributed by atoms with Crippen molar-refractivity contribution >= 4 is 17.5 Å². The van der Waals surface area contributed by atoms with Crippen molar-refractivity contribution in [2.45, 2.75) is 56.8 Å². The van der Waals surface area contributed by atoms with Gasteiger partial charge in [-0.15, -0.1) is 0 Å². The molecular weight excluding hydrogens is 372 g/mol. The van der Waals surface area contributed by atoms with Gasteiger partial charge in [-0.25, -0.2) is 0 Å². The second-order valence-electron chi connectivity index (χ2n) is 7.87. The van der Waals surface area contributed by atoms with Crippen molar-refractivity contribution in [3.05, 3.63) is 64.7 Å². The lowest BCUT2D eigenvalue weighted by Gasteiger charge is -2.49. The third-order valence-corrected chi connectivity index (χ3v) is 6.33. The molecular formula is C23H27ClN2O2. The van der Waals surface area contributed by atoms with Gasteiger partial charge in [0.2, 0.25) is 0 Å². The fraction of sp³-hybridized carbons (Fsp3) is 0.435. The van der Waals surface area contributed by atoms with E-state index in [9.17, 15) is 4.79 Å². The van der Waals surface area contributed by atoms with Crippen LogP contribution in [-0.4, -0.2) is 36.0 Å². The minimum atomic E-state index is -0.0243. The van der Waals surface area contributed by atoms with E-state index >= 15 is 0 Å². The highest BCUT2D eigenvalue weighted by molar-refractivity contribution is 6.30. The molecule has 0 saturated carbocycles. The molecule has 4 nitrogen and oxygen atoms in total. The summed E-state index contributed by atoms with van der Waals surface area (Å²) in [7, 11) is 1.73. The van der Waals surface area contributed by atoms with Crippen LogP contribution in [0.4, 0.5) is 0 Å². The van der Waals surface area contributed by atoms with Gasteiger partial charge in [-0.3, -0.25) is 9.69 Å². The van der Waals surface area contributed by atoms with Gasteiger partial charge in [0.25, 0.3) is 5.91 Å². The third kappa shape index (κ3) is 4.18. The Hall–Kier alpha value is -2.04. The quantitative estimate of drug-likeness (QED) is 0.796. The van der Waals surface area contributed by atoms with Crippen molar-refractivity contribution in [1.82, 2.24) is 10.2 Å². The molecule has 0 aromatic heterocycles. The molecule has 148 valence electrons. The van der Waals surface area contributed by atoms with E-state index in [2.05, 4.69) is 22.3 Å². The van der Waals surface area contributed by atoms with Gasteiger partial charge in [-0.1, -0.05) is 42.3 Å². The average molecular weight is 399 g/mol. The molecule has 2 aromatic rings. The normalized spacial score (nSPS) is 24.6. The number of fused-ring (bicyclic) bond motifs is 2. The van der Waals surface area contributed by atoms with E-state index < -0.39 is 0 Å². The van der Waals surface area contributed by atoms with Crippen LogP contribution in [0.5, 0.6) is 5.75 Å². The summed E-state index contributed by atoms with van der Waals surface area (Å²) in [6.45, 7) is 0.911. The fourth-order valence-corrected chi connectivity index (χ4v) is 4.97. The van der Waals surface area contributed by atoms with E-state index in [1.54, 1.807) is 19.2 Å². The van der Waals surface area contributed by atoms with Gasteiger partial charge in [0.1, 0.15) is 5.75 Å². The smallest absolute Gasteiger partial charge is 0.251 e. The van der Waals surface area contributed by atoms with Gasteiger partial charge < -0.3 is 10.1 Å². The summed E-state index contributed by atoms with van der Waals surface area (Å²) in [5.41, 5.74) is 1.87. The maximum Gasteiger partial charge on any atom is 0.251 e. The number of carbonyl (C=O) groups excluding carboxylic acids is 1. The number of nitrogens with one attached hydrogen (secondary N) is 1. The van der Waals surface area contributed by atoms with Crippen LogP contribution in [0.25, 0.3) is 0 Å². The summed E-state index contributed by atoms with van der Waals surface area (Å²) in [5, 5.41) is 3.84. The number of hydrogen-bond donors (Lipinski definition) is 1. The SMILES string of the molecule is COc1ccccc1CN1[C@@H]2CCC[C@@H]1CC(NC(=O)c1cccc(Cl)c1)C2. The predicted octanol–water partition coefficient (Wildman–Crippen LogP) is 4.66. The Labute approximate surface area is 171 Å². The molecule has 0 unspecified atom stereocenters. The number of nitrogens with zero attached hydrogens (tertiary/aromatic N) is 1. The first-order chi connectivity index (χ1) is 13.6. The van der Waals surface area contributed by atoms with E-state index in [1.807, 2.05) is 24.3 Å². The molecule has 28 heavy (non-hydrogen) atoms. The molecule has 2 aliphatic heterocycles. The van der Waals surface area contributed by atoms with Crippen molar-refractivity contribution in [3.63, 3.8) is 0 Å². The number of amides is 1. The highest BCUT2D eigenvalue weighted by Crippen LogP contribution is 2.36. The van der Waals surface area contributed by atoms with Gasteiger partial charge in [-0.05, 0) is 49.9 Å². The highest BCUT2D eigenvalue weighted by atomic mass is 35.5. The first-order valence-electron chi connectivity index (χ1n) is 10.1. The predicted molar refractivity (Wildman–Crippen MR) is 112 cm³/mol. The average Bonchev–Trinajstić information content (AvgIpc) is 2.69. The zero-order valence-corrected chi connectivity index (χ0v) is 17.0. The second kappa shape index (κ2) is 8.54. The van der Waals surface area contributed by atoms with Crippen LogP contribution in [-0.2, 0) is 6.54 Å². The molecule has 2 aromatic carbocycles. The molecule has 1 N–H and O–H groups in total. The lowest BCUT2D eigenvalue weighted by molar-refractivity contribution is 0.0172. The summed E-state index contributed by atoms with van der Waals surface area (Å²) in [6, 6.07) is 16.7. The van der Waals surface area contributed by atoms with Crippen LogP contribution in [0.3, 0.4) is 0 Å². The van der Waals surface area contributed by atoms with Crippen LogP contribution < -0.4 is 10.1 Å². The Bertz CT molecular complexity index is 827. The molecule has 0 aliphatic carbocycles. The van der Waals surface area contributed by atoms with Crippen molar-refractivity contribution in [2.24, 2.45) is 0 Å². The summed E-state index contributed by atoms with van der Waals surface area (Å²) in [4.78, 5) is 15.3. The largest absolute Gasteiger partial charge is 0.496 e. The lowest BCUT2D eigenvalue weighted by Crippen LogP contribution is -2.56. The molecule has 0 spiro atoms. The zero-order valence-electron chi connectivity index (χ0n) is 16.2. The van der Waals surface area contributed by atoms with Gasteiger partial charge >= 0.3 is 0 Å². The number of rotatable bonds is 5. The van der Waals surface area contributed by atoms with Gasteiger partial charge in [0.05, 0.1) is 7.11 Å². The van der Waals surface area contributed by atoms with Crippen LogP contribution in [0.2, 0.25) is 5.02 Å². The monoisotopic (exact) mass is 398 g/mol. The fourth-order valence-electron chi connectivity index (χ4n) is 4.78. The van der Waals surface area contributed by atoms with Gasteiger partial charge in [-0.2, -0.15) is 0 Å². The standard InChI is InChI=1S/C23H27ClN2O2/c1-28-22-11-3-2-6-17(22)15-26-20-9-5-10-21(26)14-19(13-20)25-23(27)16-7-4-8-18(24)12-16/h2-4,6-8,11-12,19-21H,5,9-10,13-15H2,1H3,(H,25,27)/t20-,21-/m1/s1. The number of piperidine rings is 2. The molecule has 2 bridgehead atoms. The molecule has 2 atom stereocenters. The van der Waals surface area contributed by atoms with Crippen molar-refractivity contribution in [2.75, 3.05) is 7.11 Å². The second-order valence-corrected chi connectivity index (χ2v) is 8.31. The van der Waals surface area contributed by atoms with Crippen LogP contribution in [0, 0.1) is 0 Å². The third-order valence-electron chi connectivity index (χ3n) is 6.09. The van der Waals surface area contributed by atoms with E-state index in [0.717, 1.165) is 25.1 Å². The van der Waals surface area contributed by atoms with Gasteiger partial charge in [0.15, 0.2) is 0 Å². The number of methoxy groups -OCH3 is 1. The summed E-state index contributed by atoms with van der Waals surface area (Å²) >= 11 is 6.03. The van der Waals surface area contributed by atoms with Crippen LogP contribution in [0.1, 0.15) is 48.0 Å². The molecule has 2 fully saturated rings. The minimum absolute atomic E-state index is 0.0243. The highest BCUT2D eigenvalue weighted by Gasteiger charge is 2.38.